The lowest BCUT2D eigenvalue weighted by molar-refractivity contribution is -0.121. The van der Waals surface area contributed by atoms with Crippen LogP contribution in [0.4, 0.5) is 4.39 Å². The monoisotopic (exact) mass is 378 g/mol. The Hall–Kier alpha value is -3.18. The van der Waals surface area contributed by atoms with Gasteiger partial charge in [-0.25, -0.2) is 4.39 Å². The summed E-state index contributed by atoms with van der Waals surface area (Å²) < 4.78 is 19.5. The van der Waals surface area contributed by atoms with Crippen LogP contribution >= 0.6 is 0 Å². The minimum absolute atomic E-state index is 0.133. The number of hydrogen-bond donors (Lipinski definition) is 2. The molecule has 0 aliphatic carbocycles. The van der Waals surface area contributed by atoms with E-state index in [-0.39, 0.29) is 18.1 Å². The van der Waals surface area contributed by atoms with Gasteiger partial charge in [0.25, 0.3) is 0 Å². The van der Waals surface area contributed by atoms with Crippen LogP contribution in [0.25, 0.3) is 0 Å². The molecule has 5 heteroatoms. The summed E-state index contributed by atoms with van der Waals surface area (Å²) in [6, 6.07) is 23.1. The molecule has 0 saturated carbocycles. The third-order valence-electron chi connectivity index (χ3n) is 4.25. The fourth-order valence-electron chi connectivity index (χ4n) is 2.87. The highest BCUT2D eigenvalue weighted by Gasteiger charge is 2.12. The van der Waals surface area contributed by atoms with Crippen molar-refractivity contribution in [1.29, 1.82) is 0 Å². The molecule has 3 N–H and O–H groups in total. The summed E-state index contributed by atoms with van der Waals surface area (Å²) in [6.45, 7) is 0.372. The molecular weight excluding hydrogens is 355 g/mol. The minimum Gasteiger partial charge on any atom is -0.457 e. The molecule has 0 fully saturated rings. The number of rotatable bonds is 8. The first-order chi connectivity index (χ1) is 13.6. The number of carbonyl (C=O) groups is 1. The van der Waals surface area contributed by atoms with E-state index in [0.29, 0.717) is 24.3 Å². The van der Waals surface area contributed by atoms with Crippen molar-refractivity contribution in [3.05, 3.63) is 95.8 Å². The molecule has 0 radical (unpaired) electrons. The Balaban J connectivity index is 1.49. The summed E-state index contributed by atoms with van der Waals surface area (Å²) in [5.41, 5.74) is 7.45. The normalized spacial score (nSPS) is 11.6. The lowest BCUT2D eigenvalue weighted by Crippen LogP contribution is -2.33. The van der Waals surface area contributed by atoms with Crippen LogP contribution in [0.1, 0.15) is 17.5 Å². The van der Waals surface area contributed by atoms with Crippen molar-refractivity contribution >= 4 is 5.91 Å². The zero-order valence-corrected chi connectivity index (χ0v) is 15.5. The fraction of sp³-hybridized carbons (Fsp3) is 0.174. The number of nitrogens with two attached hydrogens (primary N) is 1. The molecule has 3 rings (SSSR count). The Kier molecular flexibility index (Phi) is 6.76. The van der Waals surface area contributed by atoms with E-state index in [0.717, 1.165) is 11.3 Å². The van der Waals surface area contributed by atoms with Gasteiger partial charge in [0, 0.05) is 19.0 Å². The van der Waals surface area contributed by atoms with Gasteiger partial charge in [0.15, 0.2) is 0 Å². The largest absolute Gasteiger partial charge is 0.457 e. The van der Waals surface area contributed by atoms with Crippen LogP contribution in [-0.2, 0) is 17.8 Å². The van der Waals surface area contributed by atoms with Crippen LogP contribution in [0.15, 0.2) is 78.9 Å². The molecule has 0 unspecified atom stereocenters. The standard InChI is InChI=1S/C23H23FN2O2/c24-22-12-5-4-8-18(22)14-19(25)15-23(27)26-16-17-7-6-11-21(13-17)28-20-9-2-1-3-10-20/h1-13,19H,14-16,25H2,(H,26,27)/t19-/m1/s1. The molecule has 0 heterocycles. The smallest absolute Gasteiger partial charge is 0.221 e. The van der Waals surface area contributed by atoms with Crippen molar-refractivity contribution in [1.82, 2.24) is 5.32 Å². The quantitative estimate of drug-likeness (QED) is 0.618. The maximum absolute atomic E-state index is 13.7. The van der Waals surface area contributed by atoms with E-state index in [1.165, 1.54) is 6.07 Å². The van der Waals surface area contributed by atoms with Gasteiger partial charge in [-0.05, 0) is 47.9 Å². The highest BCUT2D eigenvalue weighted by molar-refractivity contribution is 5.76. The van der Waals surface area contributed by atoms with E-state index >= 15 is 0 Å². The first-order valence-corrected chi connectivity index (χ1v) is 9.17. The second kappa shape index (κ2) is 9.67. The van der Waals surface area contributed by atoms with Crippen molar-refractivity contribution in [3.63, 3.8) is 0 Å². The van der Waals surface area contributed by atoms with Gasteiger partial charge in [-0.1, -0.05) is 48.5 Å². The Morgan fingerprint density at radius 1 is 0.964 bits per heavy atom. The van der Waals surface area contributed by atoms with Crippen LogP contribution in [0, 0.1) is 5.82 Å². The van der Waals surface area contributed by atoms with E-state index < -0.39 is 6.04 Å². The molecular formula is C23H23FN2O2. The summed E-state index contributed by atoms with van der Waals surface area (Å²) in [4.78, 5) is 12.2. The molecule has 144 valence electrons. The van der Waals surface area contributed by atoms with Crippen molar-refractivity contribution in [2.75, 3.05) is 0 Å². The lowest BCUT2D eigenvalue weighted by Gasteiger charge is -2.13. The van der Waals surface area contributed by atoms with E-state index in [1.807, 2.05) is 54.6 Å². The van der Waals surface area contributed by atoms with Crippen molar-refractivity contribution < 1.29 is 13.9 Å². The fourth-order valence-corrected chi connectivity index (χ4v) is 2.87. The summed E-state index contributed by atoms with van der Waals surface area (Å²) in [6.07, 6.45) is 0.453. The molecule has 3 aromatic rings. The van der Waals surface area contributed by atoms with Gasteiger partial charge in [-0.3, -0.25) is 4.79 Å². The topological polar surface area (TPSA) is 64.4 Å². The summed E-state index contributed by atoms with van der Waals surface area (Å²) in [5, 5.41) is 2.85. The van der Waals surface area contributed by atoms with E-state index in [2.05, 4.69) is 5.32 Å². The first-order valence-electron chi connectivity index (χ1n) is 9.17. The number of ether oxygens (including phenoxy) is 1. The SMILES string of the molecule is N[C@@H](CC(=O)NCc1cccc(Oc2ccccc2)c1)Cc1ccccc1F. The third-order valence-corrected chi connectivity index (χ3v) is 4.25. The third kappa shape index (κ3) is 5.93. The van der Waals surface area contributed by atoms with E-state index in [1.54, 1.807) is 18.2 Å². The van der Waals surface area contributed by atoms with Gasteiger partial charge < -0.3 is 15.8 Å². The zero-order valence-electron chi connectivity index (χ0n) is 15.5. The van der Waals surface area contributed by atoms with Crippen molar-refractivity contribution in [2.45, 2.75) is 25.4 Å². The second-order valence-electron chi connectivity index (χ2n) is 6.60. The molecule has 0 saturated heterocycles. The molecule has 4 nitrogen and oxygen atoms in total. The summed E-state index contributed by atoms with van der Waals surface area (Å²) in [5.74, 6) is 0.990. The van der Waals surface area contributed by atoms with Crippen LogP contribution < -0.4 is 15.8 Å². The van der Waals surface area contributed by atoms with Gasteiger partial charge in [0.2, 0.25) is 5.91 Å². The van der Waals surface area contributed by atoms with Gasteiger partial charge in [0.1, 0.15) is 17.3 Å². The van der Waals surface area contributed by atoms with Gasteiger partial charge in [-0.15, -0.1) is 0 Å². The Labute approximate surface area is 164 Å². The van der Waals surface area contributed by atoms with E-state index in [4.69, 9.17) is 10.5 Å². The maximum atomic E-state index is 13.7. The minimum atomic E-state index is -0.440. The number of amides is 1. The highest BCUT2D eigenvalue weighted by atomic mass is 19.1. The van der Waals surface area contributed by atoms with Gasteiger partial charge >= 0.3 is 0 Å². The molecule has 3 aromatic carbocycles. The molecule has 0 aromatic heterocycles. The van der Waals surface area contributed by atoms with Crippen LogP contribution in [0.5, 0.6) is 11.5 Å². The number of carbonyl (C=O) groups excluding carboxylic acids is 1. The van der Waals surface area contributed by atoms with E-state index in [9.17, 15) is 9.18 Å². The average molecular weight is 378 g/mol. The molecule has 0 aliphatic rings. The van der Waals surface area contributed by atoms with Crippen molar-refractivity contribution in [2.24, 2.45) is 5.73 Å². The predicted octanol–water partition coefficient (Wildman–Crippen LogP) is 4.19. The number of para-hydroxylation sites is 1. The molecule has 0 aliphatic heterocycles. The number of halogens is 1. The Bertz CT molecular complexity index is 915. The van der Waals surface area contributed by atoms with Crippen molar-refractivity contribution in [3.8, 4) is 11.5 Å². The summed E-state index contributed by atoms with van der Waals surface area (Å²) in [7, 11) is 0. The zero-order chi connectivity index (χ0) is 19.8. The highest BCUT2D eigenvalue weighted by Crippen LogP contribution is 2.21. The van der Waals surface area contributed by atoms with Gasteiger partial charge in [0.05, 0.1) is 0 Å². The van der Waals surface area contributed by atoms with Gasteiger partial charge in [-0.2, -0.15) is 0 Å². The lowest BCUT2D eigenvalue weighted by atomic mass is 10.0. The maximum Gasteiger partial charge on any atom is 0.221 e. The molecule has 28 heavy (non-hydrogen) atoms. The van der Waals surface area contributed by atoms with Crippen LogP contribution in [0.2, 0.25) is 0 Å². The molecule has 0 spiro atoms. The second-order valence-corrected chi connectivity index (χ2v) is 6.60. The number of benzene rings is 3. The molecule has 0 bridgehead atoms. The number of nitrogens with one attached hydrogen (secondary N) is 1. The Morgan fingerprint density at radius 3 is 2.46 bits per heavy atom. The number of hydrogen-bond acceptors (Lipinski definition) is 3. The molecule has 1 amide bonds. The average Bonchev–Trinajstić information content (AvgIpc) is 2.69. The summed E-state index contributed by atoms with van der Waals surface area (Å²) >= 11 is 0. The Morgan fingerprint density at radius 2 is 1.68 bits per heavy atom. The predicted molar refractivity (Wildman–Crippen MR) is 108 cm³/mol. The van der Waals surface area contributed by atoms with Crippen LogP contribution in [-0.4, -0.2) is 11.9 Å². The molecule has 1 atom stereocenters. The van der Waals surface area contributed by atoms with Crippen LogP contribution in [0.3, 0.4) is 0 Å². The first kappa shape index (κ1) is 19.6.